The molecule has 0 aliphatic carbocycles. The van der Waals surface area contributed by atoms with Crippen LogP contribution in [-0.2, 0) is 12.8 Å². The first-order valence-electron chi connectivity index (χ1n) is 6.52. The highest BCUT2D eigenvalue weighted by atomic mass is 35.5. The van der Waals surface area contributed by atoms with Gasteiger partial charge in [-0.15, -0.1) is 0 Å². The van der Waals surface area contributed by atoms with E-state index in [0.717, 1.165) is 0 Å². The normalized spacial score (nSPS) is 12.2. The Morgan fingerprint density at radius 3 is 2.52 bits per heavy atom. The summed E-state index contributed by atoms with van der Waals surface area (Å²) in [6.07, 6.45) is 0.510. The molecule has 2 nitrogen and oxygen atoms in total. The monoisotopic (exact) mass is 311 g/mol. The molecule has 21 heavy (non-hydrogen) atoms. The molecule has 1 unspecified atom stereocenters. The van der Waals surface area contributed by atoms with Crippen LogP contribution in [0.25, 0.3) is 0 Å². The number of methoxy groups -OCH3 is 1. The van der Waals surface area contributed by atoms with Crippen molar-refractivity contribution in [3.63, 3.8) is 0 Å². The molecule has 0 amide bonds. The second kappa shape index (κ2) is 6.87. The zero-order chi connectivity index (χ0) is 15.4. The third-order valence-corrected chi connectivity index (χ3v) is 3.63. The average molecular weight is 312 g/mol. The van der Waals surface area contributed by atoms with Crippen molar-refractivity contribution in [2.24, 2.45) is 5.73 Å². The second-order valence-corrected chi connectivity index (χ2v) is 5.21. The lowest BCUT2D eigenvalue weighted by Crippen LogP contribution is -2.26. The van der Waals surface area contributed by atoms with E-state index in [1.54, 1.807) is 18.2 Å². The van der Waals surface area contributed by atoms with Gasteiger partial charge in [-0.05, 0) is 36.6 Å². The Labute approximate surface area is 127 Å². The summed E-state index contributed by atoms with van der Waals surface area (Å²) < 4.78 is 32.7. The van der Waals surface area contributed by atoms with Crippen molar-refractivity contribution in [1.29, 1.82) is 0 Å². The summed E-state index contributed by atoms with van der Waals surface area (Å²) in [7, 11) is 1.40. The Bertz CT molecular complexity index is 613. The molecule has 0 aliphatic heterocycles. The number of nitrogens with two attached hydrogens (primary N) is 1. The van der Waals surface area contributed by atoms with Crippen molar-refractivity contribution in [3.05, 3.63) is 64.2 Å². The molecule has 0 heterocycles. The van der Waals surface area contributed by atoms with Crippen LogP contribution in [0.3, 0.4) is 0 Å². The summed E-state index contributed by atoms with van der Waals surface area (Å²) in [5.74, 6) is -0.664. The van der Waals surface area contributed by atoms with Crippen molar-refractivity contribution < 1.29 is 13.5 Å². The van der Waals surface area contributed by atoms with Gasteiger partial charge in [0.15, 0.2) is 11.6 Å². The van der Waals surface area contributed by atoms with E-state index < -0.39 is 17.7 Å². The van der Waals surface area contributed by atoms with Crippen LogP contribution >= 0.6 is 11.6 Å². The number of ether oxygens (including phenoxy) is 1. The molecule has 2 N–H and O–H groups in total. The van der Waals surface area contributed by atoms with Gasteiger partial charge in [0.1, 0.15) is 5.82 Å². The van der Waals surface area contributed by atoms with E-state index in [4.69, 9.17) is 22.1 Å². The molecule has 2 aromatic rings. The van der Waals surface area contributed by atoms with Gasteiger partial charge < -0.3 is 10.5 Å². The highest BCUT2D eigenvalue weighted by molar-refractivity contribution is 6.31. The highest BCUT2D eigenvalue weighted by Crippen LogP contribution is 2.23. The molecule has 0 spiro atoms. The number of halogens is 3. The van der Waals surface area contributed by atoms with Crippen molar-refractivity contribution >= 4 is 11.6 Å². The van der Waals surface area contributed by atoms with Crippen molar-refractivity contribution in [1.82, 2.24) is 0 Å². The Morgan fingerprint density at radius 2 is 1.86 bits per heavy atom. The van der Waals surface area contributed by atoms with Crippen molar-refractivity contribution in [2.75, 3.05) is 7.11 Å². The van der Waals surface area contributed by atoms with E-state index in [2.05, 4.69) is 0 Å². The van der Waals surface area contributed by atoms with Gasteiger partial charge >= 0.3 is 0 Å². The molecule has 2 rings (SSSR count). The second-order valence-electron chi connectivity index (χ2n) is 4.80. The summed E-state index contributed by atoms with van der Waals surface area (Å²) in [6, 6.07) is 8.91. The molecule has 0 aliphatic rings. The van der Waals surface area contributed by atoms with Crippen LogP contribution in [0.5, 0.6) is 5.75 Å². The number of hydrogen-bond donors (Lipinski definition) is 1. The molecule has 0 saturated heterocycles. The van der Waals surface area contributed by atoms with Gasteiger partial charge in [0, 0.05) is 16.6 Å². The molecule has 0 fully saturated rings. The van der Waals surface area contributed by atoms with Crippen LogP contribution in [0, 0.1) is 11.6 Å². The molecule has 0 saturated carbocycles. The van der Waals surface area contributed by atoms with Crippen LogP contribution < -0.4 is 10.5 Å². The third kappa shape index (κ3) is 3.71. The van der Waals surface area contributed by atoms with Gasteiger partial charge in [-0.25, -0.2) is 8.78 Å². The fourth-order valence-corrected chi connectivity index (χ4v) is 2.46. The van der Waals surface area contributed by atoms with Crippen LogP contribution in [0.15, 0.2) is 36.4 Å². The van der Waals surface area contributed by atoms with Crippen molar-refractivity contribution in [3.8, 4) is 5.75 Å². The Kier molecular flexibility index (Phi) is 5.15. The van der Waals surface area contributed by atoms with E-state index in [0.29, 0.717) is 16.1 Å². The minimum atomic E-state index is -0.444. The number of benzene rings is 2. The molecule has 2 aromatic carbocycles. The smallest absolute Gasteiger partial charge is 0.168 e. The van der Waals surface area contributed by atoms with Crippen LogP contribution in [0.2, 0.25) is 5.02 Å². The predicted octanol–water partition coefficient (Wildman–Crippen LogP) is 3.74. The van der Waals surface area contributed by atoms with Crippen LogP contribution in [0.4, 0.5) is 8.78 Å². The Balaban J connectivity index is 2.14. The van der Waals surface area contributed by atoms with Gasteiger partial charge in [-0.2, -0.15) is 0 Å². The maximum atomic E-state index is 14.0. The first kappa shape index (κ1) is 15.7. The Hall–Kier alpha value is -1.65. The zero-order valence-corrected chi connectivity index (χ0v) is 12.3. The fourth-order valence-electron chi connectivity index (χ4n) is 2.22. The first-order valence-corrected chi connectivity index (χ1v) is 6.90. The first-order chi connectivity index (χ1) is 10.0. The lowest BCUT2D eigenvalue weighted by molar-refractivity contribution is 0.383. The molecule has 0 aromatic heterocycles. The van der Waals surface area contributed by atoms with E-state index in [1.807, 2.05) is 0 Å². The zero-order valence-electron chi connectivity index (χ0n) is 11.6. The lowest BCUT2D eigenvalue weighted by atomic mass is 9.99. The Morgan fingerprint density at radius 1 is 1.14 bits per heavy atom. The van der Waals surface area contributed by atoms with Gasteiger partial charge in [-0.1, -0.05) is 29.8 Å². The molecular weight excluding hydrogens is 296 g/mol. The summed E-state index contributed by atoms with van der Waals surface area (Å²) in [5, 5.41) is 0.330. The van der Waals surface area contributed by atoms with Crippen molar-refractivity contribution in [2.45, 2.75) is 18.9 Å². The van der Waals surface area contributed by atoms with Gasteiger partial charge in [0.05, 0.1) is 7.11 Å². The SMILES string of the molecule is COc1cccc(CC(N)Cc2c(F)cccc2Cl)c1F. The maximum Gasteiger partial charge on any atom is 0.168 e. The third-order valence-electron chi connectivity index (χ3n) is 3.27. The van der Waals surface area contributed by atoms with Gasteiger partial charge in [0.25, 0.3) is 0 Å². The largest absolute Gasteiger partial charge is 0.494 e. The molecule has 0 bridgehead atoms. The summed E-state index contributed by atoms with van der Waals surface area (Å²) in [6.45, 7) is 0. The van der Waals surface area contributed by atoms with Gasteiger partial charge in [-0.3, -0.25) is 0 Å². The molecule has 112 valence electrons. The van der Waals surface area contributed by atoms with E-state index in [-0.39, 0.29) is 18.6 Å². The van der Waals surface area contributed by atoms with E-state index in [9.17, 15) is 8.78 Å². The van der Waals surface area contributed by atoms with Crippen LogP contribution in [0.1, 0.15) is 11.1 Å². The molecule has 5 heteroatoms. The molecule has 0 radical (unpaired) electrons. The van der Waals surface area contributed by atoms with E-state index in [1.165, 1.54) is 25.3 Å². The van der Waals surface area contributed by atoms with E-state index >= 15 is 0 Å². The summed E-state index contributed by atoms with van der Waals surface area (Å²) >= 11 is 5.97. The summed E-state index contributed by atoms with van der Waals surface area (Å²) in [5.41, 5.74) is 6.80. The predicted molar refractivity (Wildman–Crippen MR) is 79.7 cm³/mol. The molecule has 1 atom stereocenters. The van der Waals surface area contributed by atoms with Gasteiger partial charge in [0.2, 0.25) is 0 Å². The molecular formula is C16H16ClF2NO. The number of rotatable bonds is 5. The minimum Gasteiger partial charge on any atom is -0.494 e. The fraction of sp³-hybridized carbons (Fsp3) is 0.250. The quantitative estimate of drug-likeness (QED) is 0.913. The lowest BCUT2D eigenvalue weighted by Gasteiger charge is -2.15. The maximum absolute atomic E-state index is 14.0. The summed E-state index contributed by atoms with van der Waals surface area (Å²) in [4.78, 5) is 0. The minimum absolute atomic E-state index is 0.170. The number of hydrogen-bond acceptors (Lipinski definition) is 2. The highest BCUT2D eigenvalue weighted by Gasteiger charge is 2.15. The topological polar surface area (TPSA) is 35.2 Å². The van der Waals surface area contributed by atoms with Crippen LogP contribution in [-0.4, -0.2) is 13.2 Å². The average Bonchev–Trinajstić information content (AvgIpc) is 2.45. The standard InChI is InChI=1S/C16H16ClF2NO/c1-21-15-7-2-4-10(16(15)19)8-11(20)9-12-13(17)5-3-6-14(12)18/h2-7,11H,8-9,20H2,1H3.